The molecule has 0 radical (unpaired) electrons. The lowest BCUT2D eigenvalue weighted by Gasteiger charge is -2.30. The van der Waals surface area contributed by atoms with Crippen LogP contribution in [0.25, 0.3) is 0 Å². The summed E-state index contributed by atoms with van der Waals surface area (Å²) in [5.74, 6) is -1.47. The van der Waals surface area contributed by atoms with Crippen molar-refractivity contribution in [2.45, 2.75) is 30.5 Å². The predicted molar refractivity (Wildman–Crippen MR) is 159 cm³/mol. The van der Waals surface area contributed by atoms with Crippen LogP contribution in [0, 0.1) is 5.82 Å². The first-order valence-electron chi connectivity index (χ1n) is 12.9. The second-order valence-electron chi connectivity index (χ2n) is 9.84. The molecule has 1 N–H and O–H groups in total. The van der Waals surface area contributed by atoms with E-state index in [1.165, 1.54) is 28.6 Å². The Morgan fingerprint density at radius 2 is 1.64 bits per heavy atom. The highest BCUT2D eigenvalue weighted by atomic mass is 35.5. The number of hydrogen-bond donors (Lipinski definition) is 1. The summed E-state index contributed by atoms with van der Waals surface area (Å²) in [7, 11) is -3.97. The number of anilines is 1. The third kappa shape index (κ3) is 6.97. The molecule has 1 amide bonds. The Morgan fingerprint density at radius 3 is 2.34 bits per heavy atom. The topological polar surface area (TPSA) is 75.7 Å². The summed E-state index contributed by atoms with van der Waals surface area (Å²) in [6.07, 6.45) is -5.05. The molecule has 5 rings (SSSR count). The van der Waals surface area contributed by atoms with Crippen molar-refractivity contribution in [3.05, 3.63) is 116 Å². The van der Waals surface area contributed by atoms with Crippen LogP contribution in [-0.4, -0.2) is 25.2 Å². The second-order valence-corrected chi connectivity index (χ2v) is 13.0. The van der Waals surface area contributed by atoms with Crippen LogP contribution < -0.4 is 10.1 Å². The van der Waals surface area contributed by atoms with Crippen molar-refractivity contribution in [3.8, 4) is 11.5 Å². The molecule has 4 aromatic rings. The largest absolute Gasteiger partial charge is 0.457 e. The molecule has 44 heavy (non-hydrogen) atoms. The third-order valence-electron chi connectivity index (χ3n) is 6.86. The van der Waals surface area contributed by atoms with Crippen LogP contribution in [0.1, 0.15) is 22.3 Å². The number of ether oxygens (including phenoxy) is 1. The minimum absolute atomic E-state index is 0.00442. The van der Waals surface area contributed by atoms with Crippen LogP contribution >= 0.6 is 34.8 Å². The van der Waals surface area contributed by atoms with E-state index in [1.807, 2.05) is 0 Å². The van der Waals surface area contributed by atoms with Crippen LogP contribution in [0.15, 0.2) is 77.7 Å². The first kappa shape index (κ1) is 32.1. The molecule has 0 bridgehead atoms. The number of benzene rings is 4. The van der Waals surface area contributed by atoms with Gasteiger partial charge in [0, 0.05) is 25.2 Å². The van der Waals surface area contributed by atoms with E-state index < -0.39 is 39.9 Å². The molecule has 0 saturated heterocycles. The fraction of sp³-hybridized carbons (Fsp3) is 0.167. The Bertz CT molecular complexity index is 1870. The van der Waals surface area contributed by atoms with Gasteiger partial charge in [-0.05, 0) is 65.6 Å². The molecule has 0 unspecified atom stereocenters. The number of hydrogen-bond acceptors (Lipinski definition) is 4. The Kier molecular flexibility index (Phi) is 9.16. The first-order chi connectivity index (χ1) is 20.7. The molecule has 6 nitrogen and oxygen atoms in total. The normalized spacial score (nSPS) is 13.8. The summed E-state index contributed by atoms with van der Waals surface area (Å²) in [6, 6.07) is 16.1. The van der Waals surface area contributed by atoms with Crippen molar-refractivity contribution in [2.24, 2.45) is 0 Å². The van der Waals surface area contributed by atoms with Gasteiger partial charge in [0.1, 0.15) is 17.3 Å². The number of carbonyl (C=O) groups excluding carboxylic acids is 1. The molecule has 230 valence electrons. The summed E-state index contributed by atoms with van der Waals surface area (Å²) in [5, 5.41) is 3.48. The van der Waals surface area contributed by atoms with Gasteiger partial charge < -0.3 is 10.1 Å². The summed E-state index contributed by atoms with van der Waals surface area (Å²) in [4.78, 5) is 12.8. The lowest BCUT2D eigenvalue weighted by Crippen LogP contribution is -2.36. The molecule has 0 aromatic heterocycles. The zero-order valence-electron chi connectivity index (χ0n) is 22.4. The maximum Gasteiger partial charge on any atom is 0.419 e. The first-order valence-corrected chi connectivity index (χ1v) is 15.5. The number of carbonyl (C=O) groups is 1. The van der Waals surface area contributed by atoms with Crippen LogP contribution in [0.5, 0.6) is 11.5 Å². The average Bonchev–Trinajstić information content (AvgIpc) is 2.96. The smallest absolute Gasteiger partial charge is 0.419 e. The fourth-order valence-electron chi connectivity index (χ4n) is 4.73. The van der Waals surface area contributed by atoms with Crippen LogP contribution in [-0.2, 0) is 40.4 Å². The van der Waals surface area contributed by atoms with Gasteiger partial charge in [0.25, 0.3) is 0 Å². The van der Waals surface area contributed by atoms with Gasteiger partial charge in [-0.1, -0.05) is 53.0 Å². The Labute approximate surface area is 265 Å². The van der Waals surface area contributed by atoms with E-state index in [0.29, 0.717) is 34.0 Å². The molecule has 4 aromatic carbocycles. The van der Waals surface area contributed by atoms with E-state index in [9.17, 15) is 30.8 Å². The van der Waals surface area contributed by atoms with E-state index in [0.717, 1.165) is 6.07 Å². The molecule has 0 spiro atoms. The number of rotatable bonds is 7. The quantitative estimate of drug-likeness (QED) is 0.198. The molecule has 1 aliphatic rings. The molecular formula is C30H21Cl3F4N2O4S. The average molecular weight is 688 g/mol. The van der Waals surface area contributed by atoms with E-state index >= 15 is 0 Å². The van der Waals surface area contributed by atoms with E-state index in [-0.39, 0.29) is 51.5 Å². The maximum absolute atomic E-state index is 14.0. The Hall–Kier alpha value is -3.35. The van der Waals surface area contributed by atoms with Gasteiger partial charge in [0.15, 0.2) is 0 Å². The molecular weight excluding hydrogens is 667 g/mol. The van der Waals surface area contributed by atoms with Gasteiger partial charge in [-0.25, -0.2) is 12.8 Å². The van der Waals surface area contributed by atoms with E-state index in [2.05, 4.69) is 5.32 Å². The van der Waals surface area contributed by atoms with Crippen molar-refractivity contribution in [1.29, 1.82) is 0 Å². The van der Waals surface area contributed by atoms with Crippen molar-refractivity contribution < 1.29 is 35.5 Å². The Balaban J connectivity index is 1.31. The second kappa shape index (κ2) is 12.6. The van der Waals surface area contributed by atoms with Crippen LogP contribution in [0.4, 0.5) is 23.2 Å². The number of nitrogens with zero attached hydrogens (tertiary/aromatic N) is 1. The standard InChI is InChI=1S/C30H21Cl3F4N2O4S/c31-24-9-6-20(15-26(24)33)43-19-2-1-3-21(14-19)44(41,42)39-11-10-22-18(16-39)5-8-25(32)29(22)38-28(40)13-17-4-7-23(27(34)12-17)30(35,36)37/h1-9,12,14-15H,10-11,13,16H2,(H,38,40). The lowest BCUT2D eigenvalue weighted by atomic mass is 9.98. The number of alkyl halides is 3. The van der Waals surface area contributed by atoms with Gasteiger partial charge >= 0.3 is 6.18 Å². The maximum atomic E-state index is 14.0. The molecule has 0 atom stereocenters. The summed E-state index contributed by atoms with van der Waals surface area (Å²) in [5.41, 5.74) is 0.0927. The van der Waals surface area contributed by atoms with Gasteiger partial charge in [-0.3, -0.25) is 4.79 Å². The number of halogens is 7. The highest BCUT2D eigenvalue weighted by Crippen LogP contribution is 2.36. The molecule has 1 aliphatic heterocycles. The van der Waals surface area contributed by atoms with Gasteiger partial charge in [0.05, 0.1) is 37.6 Å². The third-order valence-corrected chi connectivity index (χ3v) is 9.75. The minimum atomic E-state index is -4.86. The zero-order valence-corrected chi connectivity index (χ0v) is 25.5. The summed E-state index contributed by atoms with van der Waals surface area (Å²) >= 11 is 18.4. The Morgan fingerprint density at radius 1 is 0.909 bits per heavy atom. The van der Waals surface area contributed by atoms with Gasteiger partial charge in [0.2, 0.25) is 15.9 Å². The molecule has 0 aliphatic carbocycles. The van der Waals surface area contributed by atoms with Crippen molar-refractivity contribution in [3.63, 3.8) is 0 Å². The number of sulfonamides is 1. The fourth-order valence-corrected chi connectivity index (χ4v) is 6.70. The lowest BCUT2D eigenvalue weighted by molar-refractivity contribution is -0.140. The zero-order chi connectivity index (χ0) is 31.8. The van der Waals surface area contributed by atoms with Crippen LogP contribution in [0.2, 0.25) is 15.1 Å². The summed E-state index contributed by atoms with van der Waals surface area (Å²) in [6.45, 7) is 0.0558. The van der Waals surface area contributed by atoms with E-state index in [4.69, 9.17) is 39.5 Å². The van der Waals surface area contributed by atoms with Crippen molar-refractivity contribution in [2.75, 3.05) is 11.9 Å². The van der Waals surface area contributed by atoms with Crippen LogP contribution in [0.3, 0.4) is 0 Å². The molecule has 1 heterocycles. The van der Waals surface area contributed by atoms with Crippen molar-refractivity contribution in [1.82, 2.24) is 4.31 Å². The predicted octanol–water partition coefficient (Wildman–Crippen LogP) is 8.53. The summed E-state index contributed by atoms with van der Waals surface area (Å²) < 4.78 is 86.8. The van der Waals surface area contributed by atoms with Crippen molar-refractivity contribution >= 4 is 56.4 Å². The highest BCUT2D eigenvalue weighted by molar-refractivity contribution is 7.89. The monoisotopic (exact) mass is 686 g/mol. The number of nitrogens with one attached hydrogen (secondary N) is 1. The SMILES string of the molecule is O=C(Cc1ccc(C(F)(F)F)c(F)c1)Nc1c(Cl)ccc2c1CCN(S(=O)(=O)c1cccc(Oc3ccc(Cl)c(Cl)c3)c1)C2. The van der Waals surface area contributed by atoms with Gasteiger partial charge in [-0.15, -0.1) is 0 Å². The highest BCUT2D eigenvalue weighted by Gasteiger charge is 2.34. The number of amides is 1. The minimum Gasteiger partial charge on any atom is -0.457 e. The van der Waals surface area contributed by atoms with E-state index in [1.54, 1.807) is 30.3 Å². The van der Waals surface area contributed by atoms with Gasteiger partial charge in [-0.2, -0.15) is 17.5 Å². The number of fused-ring (bicyclic) bond motifs is 1. The molecule has 0 fully saturated rings. The molecule has 14 heteroatoms. The molecule has 0 saturated carbocycles.